The number of rotatable bonds is 9. The molecule has 0 spiro atoms. The van der Waals surface area contributed by atoms with E-state index >= 15 is 0 Å². The minimum absolute atomic E-state index is 0.0187. The molecule has 0 aromatic heterocycles. The maximum absolute atomic E-state index is 5.77. The van der Waals surface area contributed by atoms with Crippen LogP contribution < -0.4 is 5.32 Å². The van der Waals surface area contributed by atoms with Crippen LogP contribution in [0.15, 0.2) is 30.3 Å². The lowest BCUT2D eigenvalue weighted by molar-refractivity contribution is 0.000930. The Morgan fingerprint density at radius 2 is 1.82 bits per heavy atom. The first-order chi connectivity index (χ1) is 10.8. The van der Waals surface area contributed by atoms with Crippen LogP contribution in [-0.4, -0.2) is 51.1 Å². The molecule has 0 aliphatic carbocycles. The van der Waals surface area contributed by atoms with Crippen LogP contribution in [-0.2, 0) is 9.47 Å². The predicted octanol–water partition coefficient (Wildman–Crippen LogP) is 2.81. The second-order valence-corrected chi connectivity index (χ2v) is 6.00. The molecule has 0 saturated carbocycles. The van der Waals surface area contributed by atoms with Gasteiger partial charge < -0.3 is 14.4 Å². The Bertz CT molecular complexity index is 393. The van der Waals surface area contributed by atoms with E-state index < -0.39 is 0 Å². The van der Waals surface area contributed by atoms with Gasteiger partial charge in [-0.2, -0.15) is 0 Å². The summed E-state index contributed by atoms with van der Waals surface area (Å²) in [6.07, 6.45) is 4.03. The van der Waals surface area contributed by atoms with Crippen LogP contribution >= 0.6 is 0 Å². The van der Waals surface area contributed by atoms with Crippen LogP contribution in [0.25, 0.3) is 0 Å². The number of ether oxygens (including phenoxy) is 2. The lowest BCUT2D eigenvalue weighted by Crippen LogP contribution is -2.42. The van der Waals surface area contributed by atoms with Gasteiger partial charge in [-0.1, -0.05) is 36.8 Å². The summed E-state index contributed by atoms with van der Waals surface area (Å²) >= 11 is 0. The van der Waals surface area contributed by atoms with E-state index in [-0.39, 0.29) is 6.23 Å². The first-order valence-electron chi connectivity index (χ1n) is 8.43. The van der Waals surface area contributed by atoms with Gasteiger partial charge in [0, 0.05) is 19.7 Å². The van der Waals surface area contributed by atoms with Crippen molar-refractivity contribution in [3.05, 3.63) is 35.9 Å². The molecule has 1 unspecified atom stereocenters. The summed E-state index contributed by atoms with van der Waals surface area (Å²) in [7, 11) is 1.70. The van der Waals surface area contributed by atoms with Gasteiger partial charge in [-0.25, -0.2) is 0 Å². The van der Waals surface area contributed by atoms with Crippen LogP contribution in [0.2, 0.25) is 0 Å². The largest absolute Gasteiger partial charge is 0.382 e. The molecule has 0 radical (unpaired) electrons. The van der Waals surface area contributed by atoms with Gasteiger partial charge in [-0.05, 0) is 38.4 Å². The minimum atomic E-state index is 0.0187. The van der Waals surface area contributed by atoms with E-state index in [1.807, 2.05) is 0 Å². The van der Waals surface area contributed by atoms with Gasteiger partial charge in [0.1, 0.15) is 6.23 Å². The van der Waals surface area contributed by atoms with Crippen molar-refractivity contribution in [1.82, 2.24) is 10.2 Å². The topological polar surface area (TPSA) is 33.7 Å². The van der Waals surface area contributed by atoms with Crippen LogP contribution in [0.5, 0.6) is 0 Å². The molecule has 1 aromatic rings. The third kappa shape index (κ3) is 6.05. The molecule has 1 fully saturated rings. The highest BCUT2D eigenvalue weighted by molar-refractivity contribution is 5.19. The second kappa shape index (κ2) is 9.95. The molecule has 0 bridgehead atoms. The van der Waals surface area contributed by atoms with Gasteiger partial charge in [0.15, 0.2) is 0 Å². The molecular weight excluding hydrogens is 276 g/mol. The van der Waals surface area contributed by atoms with Crippen molar-refractivity contribution in [2.45, 2.75) is 38.5 Å². The average molecular weight is 306 g/mol. The van der Waals surface area contributed by atoms with E-state index in [2.05, 4.69) is 47.5 Å². The second-order valence-electron chi connectivity index (χ2n) is 6.00. The van der Waals surface area contributed by atoms with Crippen molar-refractivity contribution < 1.29 is 9.47 Å². The highest BCUT2D eigenvalue weighted by Gasteiger charge is 2.19. The Balaban J connectivity index is 1.92. The van der Waals surface area contributed by atoms with Crippen molar-refractivity contribution in [2.75, 3.05) is 40.0 Å². The smallest absolute Gasteiger partial charge is 0.105 e. The SMILES string of the molecule is COCCOC(C)N[C@@H](CN1CCCCC1)c1ccccc1. The fraction of sp³-hybridized carbons (Fsp3) is 0.667. The molecule has 0 amide bonds. The molecule has 1 aromatic carbocycles. The van der Waals surface area contributed by atoms with Gasteiger partial charge in [0.05, 0.1) is 13.2 Å². The number of hydrogen-bond donors (Lipinski definition) is 1. The highest BCUT2D eigenvalue weighted by Crippen LogP contribution is 2.18. The van der Waals surface area contributed by atoms with Crippen molar-refractivity contribution in [1.29, 1.82) is 0 Å². The van der Waals surface area contributed by atoms with E-state index in [4.69, 9.17) is 9.47 Å². The zero-order chi connectivity index (χ0) is 15.6. The Kier molecular flexibility index (Phi) is 7.88. The van der Waals surface area contributed by atoms with Gasteiger partial charge in [0.2, 0.25) is 0 Å². The predicted molar refractivity (Wildman–Crippen MR) is 89.9 cm³/mol. The van der Waals surface area contributed by atoms with E-state index in [9.17, 15) is 0 Å². The zero-order valence-corrected chi connectivity index (χ0v) is 14.0. The summed E-state index contributed by atoms with van der Waals surface area (Å²) in [4.78, 5) is 2.57. The molecule has 2 rings (SSSR count). The standard InChI is InChI=1S/C18H30N2O2/c1-16(22-14-13-21-2)19-18(17-9-5-3-6-10-17)15-20-11-7-4-8-12-20/h3,5-6,9-10,16,18-19H,4,7-8,11-15H2,1-2H3/t16?,18-/m0/s1. The first kappa shape index (κ1) is 17.4. The van der Waals surface area contributed by atoms with E-state index in [1.165, 1.54) is 37.9 Å². The molecule has 22 heavy (non-hydrogen) atoms. The van der Waals surface area contributed by atoms with Gasteiger partial charge in [-0.15, -0.1) is 0 Å². The number of likely N-dealkylation sites (tertiary alicyclic amines) is 1. The monoisotopic (exact) mass is 306 g/mol. The maximum atomic E-state index is 5.77. The molecule has 2 atom stereocenters. The lowest BCUT2D eigenvalue weighted by Gasteiger charge is -2.32. The molecule has 1 aliphatic rings. The first-order valence-corrected chi connectivity index (χ1v) is 8.43. The third-order valence-electron chi connectivity index (χ3n) is 4.18. The molecule has 4 heteroatoms. The summed E-state index contributed by atoms with van der Waals surface area (Å²) in [6.45, 7) is 6.79. The van der Waals surface area contributed by atoms with Crippen LogP contribution in [0.4, 0.5) is 0 Å². The molecule has 1 saturated heterocycles. The van der Waals surface area contributed by atoms with Gasteiger partial charge >= 0.3 is 0 Å². The summed E-state index contributed by atoms with van der Waals surface area (Å²) in [5, 5.41) is 3.62. The van der Waals surface area contributed by atoms with Gasteiger partial charge in [0.25, 0.3) is 0 Å². The zero-order valence-electron chi connectivity index (χ0n) is 14.0. The summed E-state index contributed by atoms with van der Waals surface area (Å²) in [6, 6.07) is 11.0. The maximum Gasteiger partial charge on any atom is 0.105 e. The number of benzene rings is 1. The van der Waals surface area contributed by atoms with E-state index in [0.29, 0.717) is 19.3 Å². The molecule has 1 heterocycles. The summed E-state index contributed by atoms with van der Waals surface area (Å²) < 4.78 is 10.8. The molecule has 124 valence electrons. The average Bonchev–Trinajstić information content (AvgIpc) is 2.56. The minimum Gasteiger partial charge on any atom is -0.382 e. The fourth-order valence-corrected chi connectivity index (χ4v) is 2.98. The van der Waals surface area contributed by atoms with Crippen molar-refractivity contribution >= 4 is 0 Å². The van der Waals surface area contributed by atoms with Crippen molar-refractivity contribution in [3.63, 3.8) is 0 Å². The Labute approximate surface area is 134 Å². The lowest BCUT2D eigenvalue weighted by atomic mass is 10.0. The Morgan fingerprint density at radius 1 is 1.09 bits per heavy atom. The van der Waals surface area contributed by atoms with Crippen LogP contribution in [0.1, 0.15) is 37.8 Å². The summed E-state index contributed by atoms with van der Waals surface area (Å²) in [5.41, 5.74) is 1.33. The normalized spacial score (nSPS) is 19.0. The van der Waals surface area contributed by atoms with Crippen molar-refractivity contribution in [3.8, 4) is 0 Å². The molecular formula is C18H30N2O2. The van der Waals surface area contributed by atoms with E-state index in [0.717, 1.165) is 6.54 Å². The molecule has 4 nitrogen and oxygen atoms in total. The quantitative estimate of drug-likeness (QED) is 0.562. The van der Waals surface area contributed by atoms with Crippen LogP contribution in [0.3, 0.4) is 0 Å². The number of nitrogens with one attached hydrogen (secondary N) is 1. The van der Waals surface area contributed by atoms with E-state index in [1.54, 1.807) is 7.11 Å². The number of nitrogens with zero attached hydrogens (tertiary/aromatic N) is 1. The fourth-order valence-electron chi connectivity index (χ4n) is 2.98. The van der Waals surface area contributed by atoms with Gasteiger partial charge in [-0.3, -0.25) is 5.32 Å². The third-order valence-corrected chi connectivity index (χ3v) is 4.18. The summed E-state index contributed by atoms with van der Waals surface area (Å²) in [5.74, 6) is 0. The molecule has 1 aliphatic heterocycles. The Morgan fingerprint density at radius 3 is 2.50 bits per heavy atom. The molecule has 1 N–H and O–H groups in total. The highest BCUT2D eigenvalue weighted by atomic mass is 16.5. The number of hydrogen-bond acceptors (Lipinski definition) is 4. The number of methoxy groups -OCH3 is 1. The van der Waals surface area contributed by atoms with Crippen LogP contribution in [0, 0.1) is 0 Å². The number of piperidine rings is 1. The van der Waals surface area contributed by atoms with Crippen molar-refractivity contribution in [2.24, 2.45) is 0 Å². The Hall–Kier alpha value is -0.940.